The van der Waals surface area contributed by atoms with Gasteiger partial charge in [-0.1, -0.05) is 25.1 Å². The standard InChI is InChI=1S/C16H24N2O/c1-3-14(17)11-13-12-18(9-6-10-19-2)16-8-5-4-7-15(13)16/h4-5,7-8,12,14H,3,6,9-11,17H2,1-2H3. The lowest BCUT2D eigenvalue weighted by Crippen LogP contribution is -2.21. The summed E-state index contributed by atoms with van der Waals surface area (Å²) in [6.45, 7) is 3.94. The van der Waals surface area contributed by atoms with Crippen LogP contribution in [0.25, 0.3) is 10.9 Å². The number of rotatable bonds is 7. The van der Waals surface area contributed by atoms with E-state index in [1.54, 1.807) is 7.11 Å². The lowest BCUT2D eigenvalue weighted by molar-refractivity contribution is 0.190. The van der Waals surface area contributed by atoms with Crippen molar-refractivity contribution in [2.75, 3.05) is 13.7 Å². The minimum atomic E-state index is 0.248. The molecule has 2 N–H and O–H groups in total. The van der Waals surface area contributed by atoms with Gasteiger partial charge in [-0.05, 0) is 30.9 Å². The molecule has 0 bridgehead atoms. The maximum atomic E-state index is 6.10. The van der Waals surface area contributed by atoms with Crippen LogP contribution in [0.4, 0.5) is 0 Å². The van der Waals surface area contributed by atoms with Crippen molar-refractivity contribution < 1.29 is 4.74 Å². The van der Waals surface area contributed by atoms with Gasteiger partial charge >= 0.3 is 0 Å². The molecule has 104 valence electrons. The Hall–Kier alpha value is -1.32. The van der Waals surface area contributed by atoms with E-state index in [0.29, 0.717) is 0 Å². The number of ether oxygens (including phenoxy) is 1. The highest BCUT2D eigenvalue weighted by atomic mass is 16.5. The summed E-state index contributed by atoms with van der Waals surface area (Å²) < 4.78 is 7.46. The SMILES string of the molecule is CCC(N)Cc1cn(CCCOC)c2ccccc12. The van der Waals surface area contributed by atoms with Crippen molar-refractivity contribution in [1.29, 1.82) is 0 Å². The molecule has 0 saturated heterocycles. The number of benzene rings is 1. The predicted octanol–water partition coefficient (Wildman–Crippen LogP) is 2.96. The third kappa shape index (κ3) is 3.37. The van der Waals surface area contributed by atoms with E-state index in [2.05, 4.69) is 42.0 Å². The molecule has 0 radical (unpaired) electrons. The molecule has 0 amide bonds. The quantitative estimate of drug-likeness (QED) is 0.777. The van der Waals surface area contributed by atoms with Gasteiger partial charge in [0.2, 0.25) is 0 Å². The van der Waals surface area contributed by atoms with Gasteiger partial charge in [0.25, 0.3) is 0 Å². The van der Waals surface area contributed by atoms with Gasteiger partial charge in [-0.2, -0.15) is 0 Å². The van der Waals surface area contributed by atoms with E-state index in [1.807, 2.05) is 0 Å². The molecule has 1 aromatic carbocycles. The molecule has 1 aromatic heterocycles. The van der Waals surface area contributed by atoms with Crippen LogP contribution >= 0.6 is 0 Å². The largest absolute Gasteiger partial charge is 0.385 e. The molecule has 2 rings (SSSR count). The molecule has 19 heavy (non-hydrogen) atoms. The summed E-state index contributed by atoms with van der Waals surface area (Å²) in [7, 11) is 1.75. The number of nitrogens with zero attached hydrogens (tertiary/aromatic N) is 1. The van der Waals surface area contributed by atoms with Crippen molar-refractivity contribution in [3.05, 3.63) is 36.0 Å². The fourth-order valence-electron chi connectivity index (χ4n) is 2.48. The average Bonchev–Trinajstić information content (AvgIpc) is 2.78. The van der Waals surface area contributed by atoms with Crippen LogP contribution in [0.2, 0.25) is 0 Å². The second-order valence-electron chi connectivity index (χ2n) is 5.08. The van der Waals surface area contributed by atoms with Gasteiger partial charge in [-0.15, -0.1) is 0 Å². The predicted molar refractivity (Wildman–Crippen MR) is 80.4 cm³/mol. The van der Waals surface area contributed by atoms with E-state index in [-0.39, 0.29) is 6.04 Å². The van der Waals surface area contributed by atoms with Crippen LogP contribution in [0, 0.1) is 0 Å². The van der Waals surface area contributed by atoms with E-state index in [0.717, 1.165) is 32.4 Å². The summed E-state index contributed by atoms with van der Waals surface area (Å²) in [5.74, 6) is 0. The first-order valence-corrected chi connectivity index (χ1v) is 7.07. The number of para-hydroxylation sites is 1. The summed E-state index contributed by atoms with van der Waals surface area (Å²) in [5.41, 5.74) is 8.76. The molecule has 3 heteroatoms. The average molecular weight is 260 g/mol. The van der Waals surface area contributed by atoms with E-state index < -0.39 is 0 Å². The summed E-state index contributed by atoms with van der Waals surface area (Å²) >= 11 is 0. The zero-order valence-electron chi connectivity index (χ0n) is 11.9. The molecular formula is C16H24N2O. The highest BCUT2D eigenvalue weighted by molar-refractivity contribution is 5.84. The Kier molecular flexibility index (Phi) is 5.00. The fraction of sp³-hybridized carbons (Fsp3) is 0.500. The number of hydrogen-bond donors (Lipinski definition) is 1. The highest BCUT2D eigenvalue weighted by Gasteiger charge is 2.10. The Morgan fingerprint density at radius 1 is 1.32 bits per heavy atom. The molecule has 1 unspecified atom stereocenters. The molecular weight excluding hydrogens is 236 g/mol. The molecule has 0 aliphatic heterocycles. The summed E-state index contributed by atoms with van der Waals surface area (Å²) in [4.78, 5) is 0. The molecule has 3 nitrogen and oxygen atoms in total. The lowest BCUT2D eigenvalue weighted by Gasteiger charge is -2.06. The minimum Gasteiger partial charge on any atom is -0.385 e. The number of fused-ring (bicyclic) bond motifs is 1. The summed E-state index contributed by atoms with van der Waals surface area (Å²) in [6.07, 6.45) is 5.27. The van der Waals surface area contributed by atoms with Crippen molar-refractivity contribution >= 4 is 10.9 Å². The van der Waals surface area contributed by atoms with Crippen molar-refractivity contribution in [2.45, 2.75) is 38.8 Å². The fourth-order valence-corrected chi connectivity index (χ4v) is 2.48. The van der Waals surface area contributed by atoms with E-state index in [4.69, 9.17) is 10.5 Å². The molecule has 2 aromatic rings. The molecule has 1 atom stereocenters. The molecule has 1 heterocycles. The normalized spacial score (nSPS) is 13.0. The molecule has 0 saturated carbocycles. The van der Waals surface area contributed by atoms with Crippen molar-refractivity contribution in [1.82, 2.24) is 4.57 Å². The van der Waals surface area contributed by atoms with Crippen LogP contribution in [0.3, 0.4) is 0 Å². The Labute approximate surface area is 115 Å². The monoisotopic (exact) mass is 260 g/mol. The van der Waals surface area contributed by atoms with Crippen LogP contribution in [-0.4, -0.2) is 24.3 Å². The van der Waals surface area contributed by atoms with Gasteiger partial charge in [0.1, 0.15) is 0 Å². The Morgan fingerprint density at radius 2 is 2.11 bits per heavy atom. The third-order valence-electron chi connectivity index (χ3n) is 3.63. The number of hydrogen-bond acceptors (Lipinski definition) is 2. The van der Waals surface area contributed by atoms with Crippen molar-refractivity contribution in [2.24, 2.45) is 5.73 Å². The van der Waals surface area contributed by atoms with E-state index >= 15 is 0 Å². The first kappa shape index (κ1) is 14.1. The molecule has 0 aliphatic rings. The van der Waals surface area contributed by atoms with Gasteiger partial charge in [-0.3, -0.25) is 0 Å². The Balaban J connectivity index is 2.26. The van der Waals surface area contributed by atoms with Crippen LogP contribution in [0.1, 0.15) is 25.3 Å². The molecule has 0 spiro atoms. The van der Waals surface area contributed by atoms with Crippen LogP contribution in [0.5, 0.6) is 0 Å². The minimum absolute atomic E-state index is 0.248. The van der Waals surface area contributed by atoms with Gasteiger partial charge in [0, 0.05) is 43.4 Å². The lowest BCUT2D eigenvalue weighted by atomic mass is 10.0. The van der Waals surface area contributed by atoms with Gasteiger partial charge < -0.3 is 15.0 Å². The Bertz CT molecular complexity index is 518. The van der Waals surface area contributed by atoms with Gasteiger partial charge in [0.15, 0.2) is 0 Å². The zero-order valence-corrected chi connectivity index (χ0v) is 11.9. The molecule has 0 aliphatic carbocycles. The first-order chi connectivity index (χ1) is 9.26. The zero-order chi connectivity index (χ0) is 13.7. The maximum Gasteiger partial charge on any atom is 0.0483 e. The summed E-state index contributed by atoms with van der Waals surface area (Å²) in [5, 5.41) is 1.34. The topological polar surface area (TPSA) is 40.2 Å². The van der Waals surface area contributed by atoms with Crippen molar-refractivity contribution in [3.8, 4) is 0 Å². The van der Waals surface area contributed by atoms with E-state index in [1.165, 1.54) is 16.5 Å². The second-order valence-corrected chi connectivity index (χ2v) is 5.08. The first-order valence-electron chi connectivity index (χ1n) is 7.07. The number of nitrogens with two attached hydrogens (primary N) is 1. The van der Waals surface area contributed by atoms with Crippen LogP contribution < -0.4 is 5.73 Å². The number of aryl methyl sites for hydroxylation is 1. The molecule has 0 fully saturated rings. The second kappa shape index (κ2) is 6.73. The number of aromatic nitrogens is 1. The number of methoxy groups -OCH3 is 1. The third-order valence-corrected chi connectivity index (χ3v) is 3.63. The summed E-state index contributed by atoms with van der Waals surface area (Å²) in [6, 6.07) is 8.82. The van der Waals surface area contributed by atoms with Crippen LogP contribution in [-0.2, 0) is 17.7 Å². The highest BCUT2D eigenvalue weighted by Crippen LogP contribution is 2.23. The van der Waals surface area contributed by atoms with Gasteiger partial charge in [-0.25, -0.2) is 0 Å². The maximum absolute atomic E-state index is 6.10. The van der Waals surface area contributed by atoms with Crippen molar-refractivity contribution in [3.63, 3.8) is 0 Å². The van der Waals surface area contributed by atoms with Gasteiger partial charge in [0.05, 0.1) is 0 Å². The van der Waals surface area contributed by atoms with Crippen LogP contribution in [0.15, 0.2) is 30.5 Å². The Morgan fingerprint density at radius 3 is 2.84 bits per heavy atom. The van der Waals surface area contributed by atoms with E-state index in [9.17, 15) is 0 Å². The smallest absolute Gasteiger partial charge is 0.0483 e.